The van der Waals surface area contributed by atoms with E-state index in [1.54, 1.807) is 30.7 Å². The molecule has 0 fully saturated rings. The maximum Gasteiger partial charge on any atom is 0.204 e. The van der Waals surface area contributed by atoms with E-state index in [2.05, 4.69) is 15.0 Å². The van der Waals surface area contributed by atoms with Crippen LogP contribution in [0.4, 0.5) is 5.82 Å². The molecule has 0 saturated heterocycles. The molecule has 2 aromatic rings. The maximum absolute atomic E-state index is 11.9. The zero-order valence-corrected chi connectivity index (χ0v) is 9.42. The van der Waals surface area contributed by atoms with Crippen molar-refractivity contribution in [2.45, 2.75) is 13.3 Å². The van der Waals surface area contributed by atoms with E-state index in [4.69, 9.17) is 5.73 Å². The first-order valence-corrected chi connectivity index (χ1v) is 5.17. The first-order chi connectivity index (χ1) is 8.15. The number of ketones is 1. The Labute approximate surface area is 98.7 Å². The van der Waals surface area contributed by atoms with Crippen molar-refractivity contribution in [3.63, 3.8) is 0 Å². The molecule has 0 aliphatic heterocycles. The summed E-state index contributed by atoms with van der Waals surface area (Å²) in [5.74, 6) is 0.502. The van der Waals surface area contributed by atoms with Crippen LogP contribution < -0.4 is 5.73 Å². The number of carbonyl (C=O) groups excluding carboxylic acids is 1. The van der Waals surface area contributed by atoms with E-state index < -0.39 is 0 Å². The van der Waals surface area contributed by atoms with Crippen molar-refractivity contribution in [1.29, 1.82) is 0 Å². The van der Waals surface area contributed by atoms with Gasteiger partial charge in [0.15, 0.2) is 5.82 Å². The minimum Gasteiger partial charge on any atom is -0.384 e. The lowest BCUT2D eigenvalue weighted by atomic mass is 10.1. The molecule has 0 atom stereocenters. The molecule has 0 amide bonds. The normalized spacial score (nSPS) is 10.2. The summed E-state index contributed by atoms with van der Waals surface area (Å²) < 4.78 is 0. The molecule has 86 valence electrons. The van der Waals surface area contributed by atoms with Crippen LogP contribution in [0.3, 0.4) is 0 Å². The van der Waals surface area contributed by atoms with Gasteiger partial charge in [0.1, 0.15) is 5.82 Å². The van der Waals surface area contributed by atoms with Gasteiger partial charge < -0.3 is 5.73 Å². The third kappa shape index (κ3) is 2.84. The highest BCUT2D eigenvalue weighted by Gasteiger charge is 2.10. The Morgan fingerprint density at radius 3 is 2.65 bits per heavy atom. The molecule has 0 radical (unpaired) electrons. The Kier molecular flexibility index (Phi) is 3.09. The molecule has 2 heterocycles. The summed E-state index contributed by atoms with van der Waals surface area (Å²) in [6.07, 6.45) is 5.06. The first kappa shape index (κ1) is 11.2. The van der Waals surface area contributed by atoms with Gasteiger partial charge in [-0.2, -0.15) is 0 Å². The SMILES string of the molecule is Cc1cnc(C(=O)Cc2ccnc(N)c2)nc1. The third-order valence-corrected chi connectivity index (χ3v) is 2.24. The minimum atomic E-state index is -0.129. The summed E-state index contributed by atoms with van der Waals surface area (Å²) >= 11 is 0. The first-order valence-electron chi connectivity index (χ1n) is 5.17. The predicted molar refractivity (Wildman–Crippen MR) is 63.5 cm³/mol. The molecule has 2 N–H and O–H groups in total. The van der Waals surface area contributed by atoms with Crippen LogP contribution in [0.25, 0.3) is 0 Å². The average molecular weight is 228 g/mol. The van der Waals surface area contributed by atoms with Crippen LogP contribution in [0, 0.1) is 6.92 Å². The van der Waals surface area contributed by atoms with Crippen molar-refractivity contribution < 1.29 is 4.79 Å². The topological polar surface area (TPSA) is 81.8 Å². The van der Waals surface area contributed by atoms with Gasteiger partial charge in [0.05, 0.1) is 0 Å². The molecule has 0 saturated carbocycles. The van der Waals surface area contributed by atoms with Crippen LogP contribution in [0.2, 0.25) is 0 Å². The minimum absolute atomic E-state index is 0.129. The smallest absolute Gasteiger partial charge is 0.204 e. The van der Waals surface area contributed by atoms with Crippen LogP contribution in [0.15, 0.2) is 30.7 Å². The highest BCUT2D eigenvalue weighted by Crippen LogP contribution is 2.06. The lowest BCUT2D eigenvalue weighted by Gasteiger charge is -2.01. The number of aromatic nitrogens is 3. The zero-order valence-electron chi connectivity index (χ0n) is 9.42. The van der Waals surface area contributed by atoms with Gasteiger partial charge in [-0.15, -0.1) is 0 Å². The Morgan fingerprint density at radius 1 is 1.29 bits per heavy atom. The molecule has 0 bridgehead atoms. The molecule has 0 aliphatic carbocycles. The summed E-state index contributed by atoms with van der Waals surface area (Å²) in [5.41, 5.74) is 7.28. The van der Waals surface area contributed by atoms with Crippen molar-refractivity contribution >= 4 is 11.6 Å². The van der Waals surface area contributed by atoms with Gasteiger partial charge in [-0.25, -0.2) is 15.0 Å². The van der Waals surface area contributed by atoms with E-state index in [1.807, 2.05) is 6.92 Å². The van der Waals surface area contributed by atoms with E-state index in [1.165, 1.54) is 0 Å². The molecule has 5 nitrogen and oxygen atoms in total. The van der Waals surface area contributed by atoms with Crippen LogP contribution in [-0.2, 0) is 6.42 Å². The summed E-state index contributed by atoms with van der Waals surface area (Å²) in [4.78, 5) is 23.7. The summed E-state index contributed by atoms with van der Waals surface area (Å²) in [6, 6.07) is 3.43. The van der Waals surface area contributed by atoms with Crippen molar-refractivity contribution in [3.8, 4) is 0 Å². The van der Waals surface area contributed by atoms with Crippen molar-refractivity contribution in [2.24, 2.45) is 0 Å². The molecule has 0 spiro atoms. The number of nitrogen functional groups attached to an aromatic ring is 1. The molecular weight excluding hydrogens is 216 g/mol. The fraction of sp³-hybridized carbons (Fsp3) is 0.167. The van der Waals surface area contributed by atoms with E-state index >= 15 is 0 Å². The van der Waals surface area contributed by atoms with Gasteiger partial charge in [-0.05, 0) is 30.2 Å². The van der Waals surface area contributed by atoms with Crippen molar-refractivity contribution in [2.75, 3.05) is 5.73 Å². The summed E-state index contributed by atoms with van der Waals surface area (Å²) in [5, 5.41) is 0. The summed E-state index contributed by atoms with van der Waals surface area (Å²) in [7, 11) is 0. The Balaban J connectivity index is 2.14. The molecule has 0 unspecified atom stereocenters. The largest absolute Gasteiger partial charge is 0.384 e. The number of aryl methyl sites for hydroxylation is 1. The number of hydrogen-bond acceptors (Lipinski definition) is 5. The van der Waals surface area contributed by atoms with E-state index in [0.29, 0.717) is 5.82 Å². The number of carbonyl (C=O) groups is 1. The van der Waals surface area contributed by atoms with Crippen LogP contribution in [-0.4, -0.2) is 20.7 Å². The average Bonchev–Trinajstić information content (AvgIpc) is 2.29. The van der Waals surface area contributed by atoms with Crippen LogP contribution in [0.1, 0.15) is 21.7 Å². The van der Waals surface area contributed by atoms with Crippen molar-refractivity contribution in [1.82, 2.24) is 15.0 Å². The fourth-order valence-corrected chi connectivity index (χ4v) is 1.41. The number of nitrogens with two attached hydrogens (primary N) is 1. The summed E-state index contributed by atoms with van der Waals surface area (Å²) in [6.45, 7) is 1.87. The quantitative estimate of drug-likeness (QED) is 0.798. The number of Topliss-reactive ketones (excluding diaryl/α,β-unsaturated/α-hetero) is 1. The third-order valence-electron chi connectivity index (χ3n) is 2.24. The molecule has 0 aliphatic rings. The number of rotatable bonds is 3. The second-order valence-electron chi connectivity index (χ2n) is 3.77. The standard InChI is InChI=1S/C12H12N4O/c1-8-6-15-12(16-7-8)10(17)4-9-2-3-14-11(13)5-9/h2-3,5-7H,4H2,1H3,(H2,13,14). The van der Waals surface area contributed by atoms with Crippen molar-refractivity contribution in [3.05, 3.63) is 47.7 Å². The van der Waals surface area contributed by atoms with Crippen LogP contribution >= 0.6 is 0 Å². The molecular formula is C12H12N4O. The van der Waals surface area contributed by atoms with Gasteiger partial charge in [0.25, 0.3) is 0 Å². The molecule has 0 aromatic carbocycles. The maximum atomic E-state index is 11.9. The van der Waals surface area contributed by atoms with Gasteiger partial charge in [-0.1, -0.05) is 0 Å². The number of anilines is 1. The Morgan fingerprint density at radius 2 is 2.00 bits per heavy atom. The number of hydrogen-bond donors (Lipinski definition) is 1. The number of nitrogens with zero attached hydrogens (tertiary/aromatic N) is 3. The molecule has 17 heavy (non-hydrogen) atoms. The second-order valence-corrected chi connectivity index (χ2v) is 3.77. The molecule has 2 rings (SSSR count). The Bertz CT molecular complexity index is 536. The predicted octanol–water partition coefficient (Wildman–Crippen LogP) is 1.19. The van der Waals surface area contributed by atoms with E-state index in [0.717, 1.165) is 11.1 Å². The van der Waals surface area contributed by atoms with Gasteiger partial charge in [0, 0.05) is 25.0 Å². The Hall–Kier alpha value is -2.30. The van der Waals surface area contributed by atoms with Gasteiger partial charge >= 0.3 is 0 Å². The number of pyridine rings is 1. The zero-order chi connectivity index (χ0) is 12.3. The molecule has 2 aromatic heterocycles. The lowest BCUT2D eigenvalue weighted by Crippen LogP contribution is -2.09. The monoisotopic (exact) mass is 228 g/mol. The van der Waals surface area contributed by atoms with E-state index in [9.17, 15) is 4.79 Å². The highest BCUT2D eigenvalue weighted by molar-refractivity contribution is 5.94. The van der Waals surface area contributed by atoms with E-state index in [-0.39, 0.29) is 18.0 Å². The fourth-order valence-electron chi connectivity index (χ4n) is 1.41. The van der Waals surface area contributed by atoms with Gasteiger partial charge in [-0.3, -0.25) is 4.79 Å². The lowest BCUT2D eigenvalue weighted by molar-refractivity contribution is 0.0983. The molecule has 5 heteroatoms. The second kappa shape index (κ2) is 4.69. The van der Waals surface area contributed by atoms with Gasteiger partial charge in [0.2, 0.25) is 5.78 Å². The highest BCUT2D eigenvalue weighted by atomic mass is 16.1. The van der Waals surface area contributed by atoms with Crippen LogP contribution in [0.5, 0.6) is 0 Å².